The summed E-state index contributed by atoms with van der Waals surface area (Å²) in [6.07, 6.45) is 5.35. The van der Waals surface area contributed by atoms with E-state index in [0.29, 0.717) is 6.61 Å². The number of pyridine rings is 1. The van der Waals surface area contributed by atoms with Crippen LogP contribution in [-0.4, -0.2) is 17.6 Å². The van der Waals surface area contributed by atoms with Crippen LogP contribution < -0.4 is 10.5 Å². The van der Waals surface area contributed by atoms with Crippen molar-refractivity contribution in [3.63, 3.8) is 0 Å². The van der Waals surface area contributed by atoms with Gasteiger partial charge in [-0.2, -0.15) is 0 Å². The lowest BCUT2D eigenvalue weighted by Crippen LogP contribution is -2.18. The van der Waals surface area contributed by atoms with E-state index in [1.807, 2.05) is 37.4 Å². The van der Waals surface area contributed by atoms with Crippen LogP contribution in [-0.2, 0) is 12.8 Å². The third-order valence-electron chi connectivity index (χ3n) is 2.89. The summed E-state index contributed by atoms with van der Waals surface area (Å²) in [6, 6.07) is 12.2. The molecule has 0 fully saturated rings. The molecule has 0 bridgehead atoms. The Kier molecular flexibility index (Phi) is 4.93. The number of hydrogen-bond acceptors (Lipinski definition) is 3. The third kappa shape index (κ3) is 4.38. The fourth-order valence-electron chi connectivity index (χ4n) is 1.99. The number of ether oxygens (including phenoxy) is 1. The molecule has 2 rings (SSSR count). The molecule has 0 aliphatic carbocycles. The summed E-state index contributed by atoms with van der Waals surface area (Å²) in [7, 11) is 0. The second-order valence-corrected chi connectivity index (χ2v) is 4.75. The summed E-state index contributed by atoms with van der Waals surface area (Å²) in [6.45, 7) is 2.66. The molecular formula is C16H20N2O. The van der Waals surface area contributed by atoms with Crippen LogP contribution in [0.3, 0.4) is 0 Å². The van der Waals surface area contributed by atoms with Crippen LogP contribution in [0.5, 0.6) is 5.75 Å². The summed E-state index contributed by atoms with van der Waals surface area (Å²) in [4.78, 5) is 4.10. The maximum absolute atomic E-state index is 5.86. The molecule has 0 spiro atoms. The molecule has 1 aromatic carbocycles. The highest BCUT2D eigenvalue weighted by molar-refractivity contribution is 5.34. The Balaban J connectivity index is 1.92. The normalized spacial score (nSPS) is 12.1. The quantitative estimate of drug-likeness (QED) is 0.864. The van der Waals surface area contributed by atoms with E-state index in [2.05, 4.69) is 17.1 Å². The monoisotopic (exact) mass is 256 g/mol. The van der Waals surface area contributed by atoms with E-state index in [4.69, 9.17) is 10.5 Å². The van der Waals surface area contributed by atoms with Crippen molar-refractivity contribution in [3.8, 4) is 5.75 Å². The smallest absolute Gasteiger partial charge is 0.122 e. The predicted octanol–water partition coefficient (Wildman–Crippen LogP) is 2.59. The van der Waals surface area contributed by atoms with Crippen LogP contribution in [0.15, 0.2) is 48.8 Å². The van der Waals surface area contributed by atoms with Crippen LogP contribution in [0, 0.1) is 0 Å². The van der Waals surface area contributed by atoms with Gasteiger partial charge in [-0.25, -0.2) is 0 Å². The van der Waals surface area contributed by atoms with Crippen molar-refractivity contribution < 1.29 is 4.74 Å². The predicted molar refractivity (Wildman–Crippen MR) is 77.2 cm³/mol. The number of hydrogen-bond donors (Lipinski definition) is 1. The zero-order valence-electron chi connectivity index (χ0n) is 11.3. The van der Waals surface area contributed by atoms with Crippen LogP contribution in [0.25, 0.3) is 0 Å². The van der Waals surface area contributed by atoms with Crippen LogP contribution in [0.4, 0.5) is 0 Å². The molecule has 0 saturated heterocycles. The highest BCUT2D eigenvalue weighted by Crippen LogP contribution is 2.19. The summed E-state index contributed by atoms with van der Waals surface area (Å²) in [5, 5.41) is 0. The molecule has 3 nitrogen and oxygen atoms in total. The number of nitrogens with zero attached hydrogens (tertiary/aromatic N) is 1. The van der Waals surface area contributed by atoms with Crippen molar-refractivity contribution in [3.05, 3.63) is 59.9 Å². The first-order chi connectivity index (χ1) is 9.25. The molecule has 0 radical (unpaired) electrons. The Hall–Kier alpha value is -1.87. The van der Waals surface area contributed by atoms with Gasteiger partial charge in [-0.3, -0.25) is 4.98 Å². The molecule has 1 heterocycles. The van der Waals surface area contributed by atoms with Gasteiger partial charge in [0.25, 0.3) is 0 Å². The Morgan fingerprint density at radius 3 is 2.79 bits per heavy atom. The summed E-state index contributed by atoms with van der Waals surface area (Å²) >= 11 is 0. The molecule has 1 unspecified atom stereocenters. The van der Waals surface area contributed by atoms with Crippen LogP contribution in [0.2, 0.25) is 0 Å². The van der Waals surface area contributed by atoms with Gasteiger partial charge in [-0.15, -0.1) is 0 Å². The van der Waals surface area contributed by atoms with Crippen molar-refractivity contribution in [2.75, 3.05) is 6.61 Å². The van der Waals surface area contributed by atoms with E-state index in [9.17, 15) is 0 Å². The van der Waals surface area contributed by atoms with Crippen LogP contribution in [0.1, 0.15) is 18.1 Å². The first kappa shape index (κ1) is 13.6. The van der Waals surface area contributed by atoms with Crippen molar-refractivity contribution in [2.45, 2.75) is 25.8 Å². The molecule has 0 amide bonds. The van der Waals surface area contributed by atoms with E-state index >= 15 is 0 Å². The molecule has 1 aromatic heterocycles. The van der Waals surface area contributed by atoms with Gasteiger partial charge >= 0.3 is 0 Å². The second-order valence-electron chi connectivity index (χ2n) is 4.75. The van der Waals surface area contributed by atoms with E-state index in [0.717, 1.165) is 18.6 Å². The standard InChI is InChI=1S/C16H20N2O/c1-13(17)11-15-6-2-3-7-16(15)19-10-8-14-5-4-9-18-12-14/h2-7,9,12-13H,8,10-11,17H2,1H3. The first-order valence-corrected chi connectivity index (χ1v) is 6.61. The van der Waals surface area contributed by atoms with E-state index in [-0.39, 0.29) is 6.04 Å². The Morgan fingerprint density at radius 2 is 2.05 bits per heavy atom. The van der Waals surface area contributed by atoms with Gasteiger partial charge in [0.2, 0.25) is 0 Å². The average molecular weight is 256 g/mol. The number of nitrogens with two attached hydrogens (primary N) is 1. The fourth-order valence-corrected chi connectivity index (χ4v) is 1.99. The van der Waals surface area contributed by atoms with Crippen molar-refractivity contribution in [2.24, 2.45) is 5.73 Å². The molecule has 0 aliphatic heterocycles. The number of aromatic nitrogens is 1. The first-order valence-electron chi connectivity index (χ1n) is 6.61. The van der Waals surface area contributed by atoms with Crippen molar-refractivity contribution in [1.29, 1.82) is 0 Å². The minimum absolute atomic E-state index is 0.142. The summed E-state index contributed by atoms with van der Waals surface area (Å²) in [5.41, 5.74) is 8.21. The minimum Gasteiger partial charge on any atom is -0.493 e. The summed E-state index contributed by atoms with van der Waals surface area (Å²) < 4.78 is 5.86. The number of para-hydroxylation sites is 1. The average Bonchev–Trinajstić information content (AvgIpc) is 2.41. The van der Waals surface area contributed by atoms with E-state index in [1.165, 1.54) is 11.1 Å². The highest BCUT2D eigenvalue weighted by Gasteiger charge is 2.05. The van der Waals surface area contributed by atoms with Crippen LogP contribution >= 0.6 is 0 Å². The molecule has 100 valence electrons. The Morgan fingerprint density at radius 1 is 1.21 bits per heavy atom. The van der Waals surface area contributed by atoms with Crippen molar-refractivity contribution >= 4 is 0 Å². The Bertz CT molecular complexity index is 497. The largest absolute Gasteiger partial charge is 0.493 e. The maximum atomic E-state index is 5.86. The van der Waals surface area contributed by atoms with Gasteiger partial charge in [-0.05, 0) is 36.6 Å². The molecular weight excluding hydrogens is 236 g/mol. The maximum Gasteiger partial charge on any atom is 0.122 e. The Labute approximate surface area is 114 Å². The molecule has 0 aliphatic rings. The third-order valence-corrected chi connectivity index (χ3v) is 2.89. The molecule has 19 heavy (non-hydrogen) atoms. The van der Waals surface area contributed by atoms with Gasteiger partial charge in [0, 0.05) is 24.9 Å². The lowest BCUT2D eigenvalue weighted by atomic mass is 10.1. The molecule has 0 saturated carbocycles. The van der Waals surface area contributed by atoms with Gasteiger partial charge in [-0.1, -0.05) is 24.3 Å². The van der Waals surface area contributed by atoms with Gasteiger partial charge in [0.1, 0.15) is 5.75 Å². The zero-order chi connectivity index (χ0) is 13.5. The SMILES string of the molecule is CC(N)Cc1ccccc1OCCc1cccnc1. The topological polar surface area (TPSA) is 48.1 Å². The fraction of sp³-hybridized carbons (Fsp3) is 0.312. The number of benzene rings is 1. The molecule has 2 aromatic rings. The van der Waals surface area contributed by atoms with Gasteiger partial charge in [0.05, 0.1) is 6.61 Å². The second kappa shape index (κ2) is 6.90. The lowest BCUT2D eigenvalue weighted by molar-refractivity contribution is 0.318. The lowest BCUT2D eigenvalue weighted by Gasteiger charge is -2.12. The number of rotatable bonds is 6. The van der Waals surface area contributed by atoms with E-state index < -0.39 is 0 Å². The van der Waals surface area contributed by atoms with Crippen molar-refractivity contribution in [1.82, 2.24) is 4.98 Å². The molecule has 3 heteroatoms. The molecule has 1 atom stereocenters. The van der Waals surface area contributed by atoms with Gasteiger partial charge in [0.15, 0.2) is 0 Å². The highest BCUT2D eigenvalue weighted by atomic mass is 16.5. The minimum atomic E-state index is 0.142. The zero-order valence-corrected chi connectivity index (χ0v) is 11.3. The van der Waals surface area contributed by atoms with Gasteiger partial charge < -0.3 is 10.5 Å². The molecule has 2 N–H and O–H groups in total. The van der Waals surface area contributed by atoms with E-state index in [1.54, 1.807) is 6.20 Å². The summed E-state index contributed by atoms with van der Waals surface area (Å²) in [5.74, 6) is 0.934.